The van der Waals surface area contributed by atoms with Crippen LogP contribution in [0.2, 0.25) is 0 Å². The standard InChI is InChI=1S/C22H27NO6/c1-27-17-8-9-18(28-2)20-15(17)11-14-12-23(21(24)19(14)29-20)16(22(25)26)10-13-6-4-3-5-7-13/h8-9,13,16H,3-7,10-12H2,1-2H3,(H,25,26)/t16-/m0/s1. The molecule has 1 aromatic rings. The van der Waals surface area contributed by atoms with E-state index in [-0.39, 0.29) is 18.2 Å². The summed E-state index contributed by atoms with van der Waals surface area (Å²) in [6.45, 7) is 0.275. The number of aliphatic carboxylic acids is 1. The molecule has 1 aliphatic carbocycles. The second-order valence-corrected chi connectivity index (χ2v) is 8.02. The van der Waals surface area contributed by atoms with Gasteiger partial charge in [-0.3, -0.25) is 4.79 Å². The van der Waals surface area contributed by atoms with E-state index >= 15 is 0 Å². The molecule has 7 heteroatoms. The van der Waals surface area contributed by atoms with E-state index in [0.29, 0.717) is 36.0 Å². The van der Waals surface area contributed by atoms with Gasteiger partial charge in [0.15, 0.2) is 17.3 Å². The van der Waals surface area contributed by atoms with E-state index < -0.39 is 12.0 Å². The van der Waals surface area contributed by atoms with Crippen LogP contribution in [0.5, 0.6) is 17.2 Å². The van der Waals surface area contributed by atoms with E-state index in [2.05, 4.69) is 0 Å². The number of carboxylic acid groups (broad SMARTS) is 1. The summed E-state index contributed by atoms with van der Waals surface area (Å²) in [5.41, 5.74) is 1.61. The monoisotopic (exact) mass is 401 g/mol. The third kappa shape index (κ3) is 3.54. The Morgan fingerprint density at radius 2 is 1.90 bits per heavy atom. The molecule has 1 saturated carbocycles. The summed E-state index contributed by atoms with van der Waals surface area (Å²) >= 11 is 0. The van der Waals surface area contributed by atoms with E-state index in [1.165, 1.54) is 11.3 Å². The number of carboxylic acids is 1. The first-order valence-corrected chi connectivity index (χ1v) is 10.2. The van der Waals surface area contributed by atoms with Crippen molar-refractivity contribution in [1.82, 2.24) is 4.90 Å². The minimum Gasteiger partial charge on any atom is -0.496 e. The van der Waals surface area contributed by atoms with Crippen molar-refractivity contribution in [2.75, 3.05) is 20.8 Å². The molecule has 1 amide bonds. The normalized spacial score (nSPS) is 20.1. The first-order valence-electron chi connectivity index (χ1n) is 10.2. The van der Waals surface area contributed by atoms with Crippen LogP contribution in [0.25, 0.3) is 0 Å². The van der Waals surface area contributed by atoms with Crippen molar-refractivity contribution in [3.63, 3.8) is 0 Å². The molecule has 2 heterocycles. The maximum atomic E-state index is 13.1. The van der Waals surface area contributed by atoms with Crippen molar-refractivity contribution in [2.45, 2.75) is 51.0 Å². The lowest BCUT2D eigenvalue weighted by Gasteiger charge is -2.30. The van der Waals surface area contributed by atoms with Gasteiger partial charge in [-0.05, 0) is 24.5 Å². The zero-order valence-electron chi connectivity index (χ0n) is 16.9. The third-order valence-electron chi connectivity index (χ3n) is 6.30. The highest BCUT2D eigenvalue weighted by molar-refractivity contribution is 5.98. The van der Waals surface area contributed by atoms with Crippen LogP contribution in [-0.4, -0.2) is 48.7 Å². The number of rotatable bonds is 6. The Kier molecular flexibility index (Phi) is 5.39. The maximum absolute atomic E-state index is 13.1. The number of carbonyl (C=O) groups excluding carboxylic acids is 1. The third-order valence-corrected chi connectivity index (χ3v) is 6.30. The zero-order chi connectivity index (χ0) is 20.5. The van der Waals surface area contributed by atoms with Crippen LogP contribution in [0.3, 0.4) is 0 Å². The molecule has 0 aromatic heterocycles. The zero-order valence-corrected chi connectivity index (χ0v) is 16.9. The van der Waals surface area contributed by atoms with Crippen LogP contribution in [-0.2, 0) is 16.0 Å². The molecule has 1 N–H and O–H groups in total. The molecule has 156 valence electrons. The Morgan fingerprint density at radius 1 is 1.21 bits per heavy atom. The van der Waals surface area contributed by atoms with E-state index in [1.807, 2.05) is 6.07 Å². The molecule has 0 unspecified atom stereocenters. The van der Waals surface area contributed by atoms with Crippen molar-refractivity contribution in [3.8, 4) is 17.2 Å². The number of nitrogens with zero attached hydrogens (tertiary/aromatic N) is 1. The number of hydrogen-bond donors (Lipinski definition) is 1. The Bertz CT molecular complexity index is 855. The second-order valence-electron chi connectivity index (χ2n) is 8.02. The van der Waals surface area contributed by atoms with Crippen molar-refractivity contribution in [3.05, 3.63) is 29.0 Å². The summed E-state index contributed by atoms with van der Waals surface area (Å²) in [5.74, 6) is 0.952. The van der Waals surface area contributed by atoms with Gasteiger partial charge in [-0.15, -0.1) is 0 Å². The lowest BCUT2D eigenvalue weighted by Crippen LogP contribution is -2.44. The lowest BCUT2D eigenvalue weighted by atomic mass is 9.84. The van der Waals surface area contributed by atoms with Gasteiger partial charge in [0.25, 0.3) is 5.91 Å². The Morgan fingerprint density at radius 3 is 2.55 bits per heavy atom. The molecule has 0 spiro atoms. The minimum atomic E-state index is -0.948. The van der Waals surface area contributed by atoms with Crippen LogP contribution in [0.15, 0.2) is 23.5 Å². The number of amides is 1. The van der Waals surface area contributed by atoms with Gasteiger partial charge in [-0.2, -0.15) is 0 Å². The SMILES string of the molecule is COc1ccc(OC)c2c1CC1=C(O2)C(=O)N([C@@H](CC2CCCCC2)C(=O)O)C1. The molecule has 2 aliphatic heterocycles. The molecule has 29 heavy (non-hydrogen) atoms. The van der Waals surface area contributed by atoms with Gasteiger partial charge < -0.3 is 24.2 Å². The van der Waals surface area contributed by atoms with E-state index in [1.54, 1.807) is 20.3 Å². The number of fused-ring (bicyclic) bond motifs is 1. The summed E-state index contributed by atoms with van der Waals surface area (Å²) in [6, 6.07) is 2.72. The minimum absolute atomic E-state index is 0.235. The summed E-state index contributed by atoms with van der Waals surface area (Å²) in [4.78, 5) is 26.6. The average molecular weight is 401 g/mol. The number of benzene rings is 1. The van der Waals surface area contributed by atoms with Crippen LogP contribution in [0.1, 0.15) is 44.1 Å². The van der Waals surface area contributed by atoms with Crippen LogP contribution in [0, 0.1) is 5.92 Å². The summed E-state index contributed by atoms with van der Waals surface area (Å²) in [6.07, 6.45) is 6.53. The van der Waals surface area contributed by atoms with Gasteiger partial charge >= 0.3 is 5.97 Å². The molecule has 1 atom stereocenters. The highest BCUT2D eigenvalue weighted by Gasteiger charge is 2.43. The van der Waals surface area contributed by atoms with Crippen molar-refractivity contribution in [2.24, 2.45) is 5.92 Å². The summed E-state index contributed by atoms with van der Waals surface area (Å²) in [5, 5.41) is 9.86. The van der Waals surface area contributed by atoms with E-state index in [4.69, 9.17) is 14.2 Å². The Hall–Kier alpha value is -2.70. The summed E-state index contributed by atoms with van der Waals surface area (Å²) in [7, 11) is 3.13. The van der Waals surface area contributed by atoms with Crippen molar-refractivity contribution < 1.29 is 28.9 Å². The molecular formula is C22H27NO6. The fraction of sp³-hybridized carbons (Fsp3) is 0.545. The topological polar surface area (TPSA) is 85.3 Å². The highest BCUT2D eigenvalue weighted by Crippen LogP contribution is 2.45. The quantitative estimate of drug-likeness (QED) is 0.788. The lowest BCUT2D eigenvalue weighted by molar-refractivity contribution is -0.149. The number of methoxy groups -OCH3 is 2. The van der Waals surface area contributed by atoms with Crippen LogP contribution in [0.4, 0.5) is 0 Å². The molecule has 1 aromatic carbocycles. The Labute approximate surface area is 170 Å². The summed E-state index contributed by atoms with van der Waals surface area (Å²) < 4.78 is 16.8. The largest absolute Gasteiger partial charge is 0.496 e. The van der Waals surface area contributed by atoms with Gasteiger partial charge in [-0.25, -0.2) is 4.79 Å². The highest BCUT2D eigenvalue weighted by atomic mass is 16.5. The molecule has 3 aliphatic rings. The molecule has 0 saturated heterocycles. The number of ether oxygens (including phenoxy) is 3. The van der Waals surface area contributed by atoms with Gasteiger partial charge in [0.05, 0.1) is 14.2 Å². The second kappa shape index (κ2) is 7.97. The van der Waals surface area contributed by atoms with Crippen molar-refractivity contribution in [1.29, 1.82) is 0 Å². The predicted octanol–water partition coefficient (Wildman–Crippen LogP) is 3.16. The van der Waals surface area contributed by atoms with E-state index in [9.17, 15) is 14.7 Å². The van der Waals surface area contributed by atoms with Gasteiger partial charge in [-0.1, -0.05) is 32.1 Å². The fourth-order valence-electron chi connectivity index (χ4n) is 4.77. The average Bonchev–Trinajstić information content (AvgIpc) is 3.05. The molecule has 0 radical (unpaired) electrons. The van der Waals surface area contributed by atoms with Crippen LogP contribution < -0.4 is 14.2 Å². The molecule has 4 rings (SSSR count). The van der Waals surface area contributed by atoms with Gasteiger partial charge in [0.1, 0.15) is 11.8 Å². The first-order chi connectivity index (χ1) is 14.0. The fourth-order valence-corrected chi connectivity index (χ4v) is 4.77. The number of hydrogen-bond acceptors (Lipinski definition) is 5. The molecular weight excluding hydrogens is 374 g/mol. The van der Waals surface area contributed by atoms with Gasteiger partial charge in [0, 0.05) is 24.1 Å². The smallest absolute Gasteiger partial charge is 0.326 e. The van der Waals surface area contributed by atoms with Crippen molar-refractivity contribution >= 4 is 11.9 Å². The van der Waals surface area contributed by atoms with Crippen LogP contribution >= 0.6 is 0 Å². The van der Waals surface area contributed by atoms with Gasteiger partial charge in [0.2, 0.25) is 0 Å². The molecule has 7 nitrogen and oxygen atoms in total. The maximum Gasteiger partial charge on any atom is 0.326 e. The predicted molar refractivity (Wildman–Crippen MR) is 105 cm³/mol. The first kappa shape index (κ1) is 19.6. The molecule has 0 bridgehead atoms. The molecule has 1 fully saturated rings. The number of carbonyl (C=O) groups is 2. The van der Waals surface area contributed by atoms with E-state index in [0.717, 1.165) is 36.8 Å². The Balaban J connectivity index is 1.58.